The summed E-state index contributed by atoms with van der Waals surface area (Å²) in [6, 6.07) is 15.5. The lowest BCUT2D eigenvalue weighted by atomic mass is 10.1. The van der Waals surface area contributed by atoms with Crippen LogP contribution in [0.3, 0.4) is 0 Å². The van der Waals surface area contributed by atoms with E-state index in [4.69, 9.17) is 0 Å². The van der Waals surface area contributed by atoms with Crippen LogP contribution in [0.5, 0.6) is 0 Å². The Morgan fingerprint density at radius 2 is 1.81 bits per heavy atom. The van der Waals surface area contributed by atoms with Gasteiger partial charge < -0.3 is 0 Å². The first-order valence-corrected chi connectivity index (χ1v) is 8.17. The van der Waals surface area contributed by atoms with Crippen LogP contribution in [-0.2, 0) is 0 Å². The first kappa shape index (κ1) is 18.0. The second kappa shape index (κ2) is 7.61. The maximum atomic E-state index is 12.4. The zero-order chi connectivity index (χ0) is 19.4. The minimum Gasteiger partial charge on any atom is -0.272 e. The molecule has 2 N–H and O–H groups in total. The molecule has 0 radical (unpaired) electrons. The zero-order valence-corrected chi connectivity index (χ0v) is 14.8. The fourth-order valence-electron chi connectivity index (χ4n) is 2.58. The molecule has 8 heteroatoms. The smallest absolute Gasteiger partial charge is 0.272 e. The third-order valence-corrected chi connectivity index (χ3v) is 4.11. The predicted octanol–water partition coefficient (Wildman–Crippen LogP) is 3.45. The van der Waals surface area contributed by atoms with Crippen molar-refractivity contribution >= 4 is 17.3 Å². The SMILES string of the molecule is CC(=NNC(=O)c1[nH]nc(-c2ccccc2)c1C)c1ccc([N+](=O)[O-])cc1. The minimum absolute atomic E-state index is 0.00267. The molecule has 0 aliphatic carbocycles. The van der Waals surface area contributed by atoms with Gasteiger partial charge in [0.2, 0.25) is 0 Å². The zero-order valence-electron chi connectivity index (χ0n) is 14.8. The number of hydrazone groups is 1. The molecule has 0 bridgehead atoms. The quantitative estimate of drug-likeness (QED) is 0.410. The highest BCUT2D eigenvalue weighted by atomic mass is 16.6. The van der Waals surface area contributed by atoms with Crippen molar-refractivity contribution in [1.29, 1.82) is 0 Å². The van der Waals surface area contributed by atoms with Crippen molar-refractivity contribution < 1.29 is 9.72 Å². The van der Waals surface area contributed by atoms with E-state index < -0.39 is 10.8 Å². The van der Waals surface area contributed by atoms with Gasteiger partial charge in [-0.05, 0) is 31.5 Å². The average Bonchev–Trinajstić information content (AvgIpc) is 3.08. The van der Waals surface area contributed by atoms with Gasteiger partial charge in [0.1, 0.15) is 5.69 Å². The minimum atomic E-state index is -0.469. The largest absolute Gasteiger partial charge is 0.289 e. The monoisotopic (exact) mass is 363 g/mol. The third-order valence-electron chi connectivity index (χ3n) is 4.11. The molecule has 0 spiro atoms. The molecule has 0 unspecified atom stereocenters. The van der Waals surface area contributed by atoms with Crippen LogP contribution in [0.15, 0.2) is 59.7 Å². The molecule has 0 fully saturated rings. The van der Waals surface area contributed by atoms with Crippen LogP contribution in [0.4, 0.5) is 5.69 Å². The van der Waals surface area contributed by atoms with Crippen LogP contribution in [-0.4, -0.2) is 26.7 Å². The van der Waals surface area contributed by atoms with Crippen molar-refractivity contribution in [2.45, 2.75) is 13.8 Å². The first-order valence-electron chi connectivity index (χ1n) is 8.17. The summed E-state index contributed by atoms with van der Waals surface area (Å²) in [5, 5.41) is 21.7. The molecule has 27 heavy (non-hydrogen) atoms. The Morgan fingerprint density at radius 1 is 1.15 bits per heavy atom. The molecule has 136 valence electrons. The molecular weight excluding hydrogens is 346 g/mol. The number of amides is 1. The van der Waals surface area contributed by atoms with Crippen LogP contribution in [0, 0.1) is 17.0 Å². The van der Waals surface area contributed by atoms with Crippen LogP contribution in [0.1, 0.15) is 28.5 Å². The van der Waals surface area contributed by atoms with Crippen LogP contribution >= 0.6 is 0 Å². The van der Waals surface area contributed by atoms with E-state index in [1.807, 2.05) is 37.3 Å². The van der Waals surface area contributed by atoms with Crippen molar-refractivity contribution in [3.63, 3.8) is 0 Å². The molecule has 3 aromatic rings. The molecule has 3 rings (SSSR count). The summed E-state index contributed by atoms with van der Waals surface area (Å²) in [7, 11) is 0. The van der Waals surface area contributed by atoms with E-state index in [0.29, 0.717) is 22.7 Å². The third kappa shape index (κ3) is 3.90. The number of carbonyl (C=O) groups excluding carboxylic acids is 1. The second-order valence-electron chi connectivity index (χ2n) is 5.88. The number of hydrogen-bond donors (Lipinski definition) is 2. The highest BCUT2D eigenvalue weighted by Gasteiger charge is 2.16. The Hall–Kier alpha value is -3.81. The Balaban J connectivity index is 1.75. The average molecular weight is 363 g/mol. The van der Waals surface area contributed by atoms with Gasteiger partial charge in [0.05, 0.1) is 16.3 Å². The van der Waals surface area contributed by atoms with E-state index in [1.165, 1.54) is 12.1 Å². The Bertz CT molecular complexity index is 1010. The van der Waals surface area contributed by atoms with Gasteiger partial charge in [0, 0.05) is 23.3 Å². The molecule has 8 nitrogen and oxygen atoms in total. The lowest BCUT2D eigenvalue weighted by Gasteiger charge is -2.03. The van der Waals surface area contributed by atoms with Gasteiger partial charge in [0.15, 0.2) is 0 Å². The van der Waals surface area contributed by atoms with E-state index in [-0.39, 0.29) is 5.69 Å². The van der Waals surface area contributed by atoms with Crippen molar-refractivity contribution in [3.05, 3.63) is 81.5 Å². The highest BCUT2D eigenvalue weighted by molar-refractivity contribution is 6.01. The number of nitrogens with one attached hydrogen (secondary N) is 2. The van der Waals surface area contributed by atoms with Crippen LogP contribution in [0.25, 0.3) is 11.3 Å². The Labute approximate surface area is 155 Å². The number of nitro benzene ring substituents is 1. The molecule has 0 saturated carbocycles. The van der Waals surface area contributed by atoms with Gasteiger partial charge in [-0.15, -0.1) is 0 Å². The maximum absolute atomic E-state index is 12.4. The number of hydrogen-bond acceptors (Lipinski definition) is 5. The van der Waals surface area contributed by atoms with Gasteiger partial charge in [-0.3, -0.25) is 20.0 Å². The summed E-state index contributed by atoms with van der Waals surface area (Å²) in [5.41, 5.74) is 6.35. The molecule has 2 aromatic carbocycles. The summed E-state index contributed by atoms with van der Waals surface area (Å²) in [6.45, 7) is 3.52. The number of aromatic amines is 1. The lowest BCUT2D eigenvalue weighted by molar-refractivity contribution is -0.384. The molecule has 1 heterocycles. The maximum Gasteiger partial charge on any atom is 0.289 e. The number of rotatable bonds is 5. The summed E-state index contributed by atoms with van der Waals surface area (Å²) >= 11 is 0. The number of benzene rings is 2. The standard InChI is InChI=1S/C19H17N5O3/c1-12-17(15-6-4-3-5-7-15)21-22-18(12)19(25)23-20-13(2)14-8-10-16(11-9-14)24(26)27/h3-11H,1-2H3,(H,21,22)(H,23,25). The molecule has 0 aliphatic rings. The molecular formula is C19H17N5O3. The number of nitro groups is 1. The van der Waals surface area contributed by atoms with E-state index in [1.54, 1.807) is 19.1 Å². The van der Waals surface area contributed by atoms with Crippen LogP contribution < -0.4 is 5.43 Å². The number of aromatic nitrogens is 2. The summed E-state index contributed by atoms with van der Waals surface area (Å²) in [5.74, 6) is -0.413. The Morgan fingerprint density at radius 3 is 2.44 bits per heavy atom. The normalized spacial score (nSPS) is 11.3. The summed E-state index contributed by atoms with van der Waals surface area (Å²) in [4.78, 5) is 22.6. The lowest BCUT2D eigenvalue weighted by Crippen LogP contribution is -2.20. The molecule has 0 atom stereocenters. The second-order valence-corrected chi connectivity index (χ2v) is 5.88. The highest BCUT2D eigenvalue weighted by Crippen LogP contribution is 2.22. The Kier molecular flexibility index (Phi) is 5.07. The van der Waals surface area contributed by atoms with Gasteiger partial charge in [-0.25, -0.2) is 5.43 Å². The van der Waals surface area contributed by atoms with Crippen molar-refractivity contribution in [2.75, 3.05) is 0 Å². The number of non-ortho nitro benzene ring substituents is 1. The number of H-pyrrole nitrogens is 1. The van der Waals surface area contributed by atoms with Crippen LogP contribution in [0.2, 0.25) is 0 Å². The summed E-state index contributed by atoms with van der Waals surface area (Å²) < 4.78 is 0. The predicted molar refractivity (Wildman–Crippen MR) is 102 cm³/mol. The van der Waals surface area contributed by atoms with E-state index in [0.717, 1.165) is 11.1 Å². The van der Waals surface area contributed by atoms with Crippen molar-refractivity contribution in [2.24, 2.45) is 5.10 Å². The molecule has 1 amide bonds. The van der Waals surface area contributed by atoms with Gasteiger partial charge in [-0.2, -0.15) is 10.2 Å². The first-order chi connectivity index (χ1) is 13.0. The fraction of sp³-hybridized carbons (Fsp3) is 0.105. The van der Waals surface area contributed by atoms with Crippen molar-refractivity contribution in [1.82, 2.24) is 15.6 Å². The molecule has 0 saturated heterocycles. The van der Waals surface area contributed by atoms with Gasteiger partial charge in [0.25, 0.3) is 11.6 Å². The number of carbonyl (C=O) groups is 1. The number of nitrogens with zero attached hydrogens (tertiary/aromatic N) is 3. The van der Waals surface area contributed by atoms with Gasteiger partial charge >= 0.3 is 0 Å². The van der Waals surface area contributed by atoms with E-state index >= 15 is 0 Å². The van der Waals surface area contributed by atoms with E-state index in [9.17, 15) is 14.9 Å². The summed E-state index contributed by atoms with van der Waals surface area (Å²) in [6.07, 6.45) is 0. The van der Waals surface area contributed by atoms with Gasteiger partial charge in [-0.1, -0.05) is 30.3 Å². The molecule has 1 aromatic heterocycles. The van der Waals surface area contributed by atoms with E-state index in [2.05, 4.69) is 20.7 Å². The topological polar surface area (TPSA) is 113 Å². The fourth-order valence-corrected chi connectivity index (χ4v) is 2.58. The molecule has 0 aliphatic heterocycles. The van der Waals surface area contributed by atoms with Crippen molar-refractivity contribution in [3.8, 4) is 11.3 Å².